The maximum Gasteiger partial charge on any atom is 0.323 e. The van der Waals surface area contributed by atoms with E-state index < -0.39 is 0 Å². The minimum atomic E-state index is -0.258. The number of aromatic nitrogens is 2. The van der Waals surface area contributed by atoms with Gasteiger partial charge in [0, 0.05) is 35.6 Å². The summed E-state index contributed by atoms with van der Waals surface area (Å²) in [7, 11) is 0. The molecule has 8 nitrogen and oxygen atoms in total. The average molecular weight is 623 g/mol. The number of anilines is 3. The number of carbonyl (C=O) groups is 1. The third-order valence-corrected chi connectivity index (χ3v) is 8.54. The van der Waals surface area contributed by atoms with Gasteiger partial charge in [0.1, 0.15) is 17.9 Å². The third-order valence-electron chi connectivity index (χ3n) is 8.54. The van der Waals surface area contributed by atoms with Crippen LogP contribution in [0.3, 0.4) is 0 Å². The number of amides is 2. The lowest BCUT2D eigenvalue weighted by Crippen LogP contribution is -2.29. The van der Waals surface area contributed by atoms with Crippen molar-refractivity contribution in [2.75, 3.05) is 35.6 Å². The first-order valence-corrected chi connectivity index (χ1v) is 16.3. The molecule has 4 aromatic carbocycles. The lowest BCUT2D eigenvalue weighted by molar-refractivity contribution is 0.221. The molecule has 47 heavy (non-hydrogen) atoms. The molecule has 3 N–H and O–H groups in total. The summed E-state index contributed by atoms with van der Waals surface area (Å²) < 4.78 is 6.33. The van der Waals surface area contributed by atoms with E-state index in [1.807, 2.05) is 84.9 Å². The molecule has 0 aliphatic carbocycles. The van der Waals surface area contributed by atoms with Crippen LogP contribution in [-0.4, -0.2) is 40.5 Å². The summed E-state index contributed by atoms with van der Waals surface area (Å²) in [5.74, 6) is 1.50. The summed E-state index contributed by atoms with van der Waals surface area (Å²) in [4.78, 5) is 24.3. The van der Waals surface area contributed by atoms with Crippen LogP contribution in [0.4, 0.5) is 22.0 Å². The molecule has 1 fully saturated rings. The first-order chi connectivity index (χ1) is 23.2. The molecule has 6 aromatic rings. The second kappa shape index (κ2) is 14.3. The van der Waals surface area contributed by atoms with Crippen molar-refractivity contribution >= 4 is 34.3 Å². The van der Waals surface area contributed by atoms with Crippen molar-refractivity contribution in [1.29, 1.82) is 0 Å². The predicted octanol–water partition coefficient (Wildman–Crippen LogP) is 8.84. The van der Waals surface area contributed by atoms with Gasteiger partial charge in [-0.3, -0.25) is 4.90 Å². The quantitative estimate of drug-likeness (QED) is 0.141. The Morgan fingerprint density at radius 1 is 0.723 bits per heavy atom. The summed E-state index contributed by atoms with van der Waals surface area (Å²) >= 11 is 0. The van der Waals surface area contributed by atoms with Gasteiger partial charge in [-0.15, -0.1) is 0 Å². The number of rotatable bonds is 10. The molecule has 0 unspecified atom stereocenters. The minimum Gasteiger partial charge on any atom is -0.437 e. The monoisotopic (exact) mass is 622 g/mol. The summed E-state index contributed by atoms with van der Waals surface area (Å²) in [6.07, 6.45) is 6.15. The molecule has 0 bridgehead atoms. The Kier molecular flexibility index (Phi) is 9.19. The van der Waals surface area contributed by atoms with Crippen LogP contribution >= 0.6 is 0 Å². The average Bonchev–Trinajstić information content (AvgIpc) is 3.51. The number of urea groups is 1. The highest BCUT2D eigenvalue weighted by Crippen LogP contribution is 2.42. The highest BCUT2D eigenvalue weighted by molar-refractivity contribution is 6.05. The van der Waals surface area contributed by atoms with Crippen LogP contribution in [0, 0.1) is 0 Å². The van der Waals surface area contributed by atoms with Crippen molar-refractivity contribution in [3.8, 4) is 22.5 Å². The Morgan fingerprint density at radius 3 is 2.21 bits per heavy atom. The molecule has 2 amide bonds. The number of fused-ring (bicyclic) bond motifs is 1. The number of benzene rings is 4. The van der Waals surface area contributed by atoms with Gasteiger partial charge in [-0.25, -0.2) is 14.8 Å². The fraction of sp³-hybridized carbons (Fsp3) is 0.205. The highest BCUT2D eigenvalue weighted by atomic mass is 16.3. The smallest absolute Gasteiger partial charge is 0.323 e. The van der Waals surface area contributed by atoms with Gasteiger partial charge in [0.2, 0.25) is 5.71 Å². The normalized spacial score (nSPS) is 13.4. The van der Waals surface area contributed by atoms with Gasteiger partial charge in [-0.1, -0.05) is 91.3 Å². The van der Waals surface area contributed by atoms with Crippen LogP contribution in [-0.2, 0) is 13.0 Å². The molecule has 236 valence electrons. The van der Waals surface area contributed by atoms with Crippen molar-refractivity contribution in [2.24, 2.45) is 0 Å². The third kappa shape index (κ3) is 7.34. The number of hydrogen-bond acceptors (Lipinski definition) is 6. The standard InChI is InChI=1S/C39H38N6O2/c46-39(44-33-16-10-11-29(25-33)26-45-23-8-3-9-24-45)43-32-19-17-28(18-20-32)21-22-40-37-35-34(30-12-4-1-5-13-30)36(31-14-6-2-7-15-31)47-38(35)42-27-41-37/h1-2,4-7,10-20,25,27H,3,8-9,21-24,26H2,(H,40,41,42)(H2,43,44,46). The van der Waals surface area contributed by atoms with Crippen molar-refractivity contribution in [3.63, 3.8) is 0 Å². The molecule has 1 saturated heterocycles. The zero-order chi connectivity index (χ0) is 31.8. The van der Waals surface area contributed by atoms with Crippen LogP contribution in [0.15, 0.2) is 120 Å². The van der Waals surface area contributed by atoms with Crippen LogP contribution in [0.1, 0.15) is 30.4 Å². The molecule has 3 heterocycles. The number of nitrogens with zero attached hydrogens (tertiary/aromatic N) is 3. The van der Waals surface area contributed by atoms with E-state index in [-0.39, 0.29) is 6.03 Å². The second-order valence-electron chi connectivity index (χ2n) is 11.9. The first-order valence-electron chi connectivity index (χ1n) is 16.3. The van der Waals surface area contributed by atoms with Crippen LogP contribution in [0.5, 0.6) is 0 Å². The number of carbonyl (C=O) groups excluding carboxylic acids is 1. The molecule has 0 radical (unpaired) electrons. The molecular formula is C39H38N6O2. The molecular weight excluding hydrogens is 584 g/mol. The molecule has 8 heteroatoms. The first kappa shape index (κ1) is 30.2. The summed E-state index contributed by atoms with van der Waals surface area (Å²) in [5.41, 5.74) is 7.42. The lowest BCUT2D eigenvalue weighted by atomic mass is 9.99. The van der Waals surface area contributed by atoms with E-state index in [1.54, 1.807) is 0 Å². The summed E-state index contributed by atoms with van der Waals surface area (Å²) in [6, 6.07) is 36.1. The Hall–Kier alpha value is -5.47. The highest BCUT2D eigenvalue weighted by Gasteiger charge is 2.22. The molecule has 0 spiro atoms. The topological polar surface area (TPSA) is 95.3 Å². The fourth-order valence-electron chi connectivity index (χ4n) is 6.24. The number of hydrogen-bond donors (Lipinski definition) is 3. The van der Waals surface area contributed by atoms with Crippen LogP contribution in [0.25, 0.3) is 33.6 Å². The van der Waals surface area contributed by atoms with Crippen LogP contribution in [0.2, 0.25) is 0 Å². The van der Waals surface area contributed by atoms with E-state index in [4.69, 9.17) is 4.42 Å². The largest absolute Gasteiger partial charge is 0.437 e. The predicted molar refractivity (Wildman–Crippen MR) is 190 cm³/mol. The minimum absolute atomic E-state index is 0.258. The van der Waals surface area contributed by atoms with Gasteiger partial charge in [-0.05, 0) is 73.3 Å². The van der Waals surface area contributed by atoms with Crippen LogP contribution < -0.4 is 16.0 Å². The van der Waals surface area contributed by atoms with Crippen molar-refractivity contribution < 1.29 is 9.21 Å². The van der Waals surface area contributed by atoms with E-state index in [0.717, 1.165) is 76.6 Å². The van der Waals surface area contributed by atoms with E-state index in [2.05, 4.69) is 55.1 Å². The van der Waals surface area contributed by atoms with Gasteiger partial charge < -0.3 is 20.4 Å². The number of likely N-dealkylation sites (tertiary alicyclic amines) is 1. The zero-order valence-corrected chi connectivity index (χ0v) is 26.3. The maximum atomic E-state index is 12.8. The van der Waals surface area contributed by atoms with Gasteiger partial charge >= 0.3 is 6.03 Å². The maximum absolute atomic E-state index is 12.8. The van der Waals surface area contributed by atoms with E-state index >= 15 is 0 Å². The van der Waals surface area contributed by atoms with Gasteiger partial charge in [-0.2, -0.15) is 0 Å². The Balaban J connectivity index is 0.986. The lowest BCUT2D eigenvalue weighted by Gasteiger charge is -2.26. The molecule has 2 aromatic heterocycles. The second-order valence-corrected chi connectivity index (χ2v) is 11.9. The van der Waals surface area contributed by atoms with E-state index in [0.29, 0.717) is 12.3 Å². The van der Waals surface area contributed by atoms with Crippen molar-refractivity contribution in [3.05, 3.63) is 127 Å². The number of nitrogens with one attached hydrogen (secondary N) is 3. The summed E-state index contributed by atoms with van der Waals surface area (Å²) in [5, 5.41) is 10.3. The van der Waals surface area contributed by atoms with Gasteiger partial charge in [0.15, 0.2) is 0 Å². The Morgan fingerprint density at radius 2 is 1.45 bits per heavy atom. The van der Waals surface area contributed by atoms with Crippen molar-refractivity contribution in [2.45, 2.75) is 32.2 Å². The SMILES string of the molecule is O=C(Nc1ccc(CCNc2ncnc3oc(-c4ccccc4)c(-c4ccccc4)c23)cc1)Nc1cccc(CN2CCCCC2)c1. The number of piperidine rings is 1. The van der Waals surface area contributed by atoms with Crippen molar-refractivity contribution in [1.82, 2.24) is 14.9 Å². The Bertz CT molecular complexity index is 1930. The fourth-order valence-corrected chi connectivity index (χ4v) is 6.24. The Labute approximate surface area is 274 Å². The molecule has 7 rings (SSSR count). The molecule has 1 aliphatic heterocycles. The molecule has 0 atom stereocenters. The van der Waals surface area contributed by atoms with Gasteiger partial charge in [0.25, 0.3) is 0 Å². The molecule has 0 saturated carbocycles. The van der Waals surface area contributed by atoms with E-state index in [9.17, 15) is 4.79 Å². The zero-order valence-electron chi connectivity index (χ0n) is 26.3. The number of furan rings is 1. The molecule has 1 aliphatic rings. The van der Waals surface area contributed by atoms with Gasteiger partial charge in [0.05, 0.1) is 5.39 Å². The van der Waals surface area contributed by atoms with E-state index in [1.165, 1.54) is 31.2 Å². The summed E-state index contributed by atoms with van der Waals surface area (Å²) in [6.45, 7) is 3.86.